The molecule has 7 heteroatoms. The molecule has 0 radical (unpaired) electrons. The van der Waals surface area contributed by atoms with Crippen LogP contribution in [0.2, 0.25) is 0 Å². The molecule has 3 rings (SSSR count). The van der Waals surface area contributed by atoms with Crippen molar-refractivity contribution in [2.75, 3.05) is 19.7 Å². The maximum Gasteiger partial charge on any atom is 0.259 e. The number of ether oxygens (including phenoxy) is 1. The van der Waals surface area contributed by atoms with Crippen molar-refractivity contribution >= 4 is 11.8 Å². The number of hydrogen-bond donors (Lipinski definition) is 1. The molecule has 2 amide bonds. The Bertz CT molecular complexity index is 880. The van der Waals surface area contributed by atoms with Gasteiger partial charge in [-0.2, -0.15) is 0 Å². The summed E-state index contributed by atoms with van der Waals surface area (Å²) in [6, 6.07) is 10.3. The van der Waals surface area contributed by atoms with Gasteiger partial charge >= 0.3 is 0 Å². The lowest BCUT2D eigenvalue weighted by Gasteiger charge is -2.32. The fourth-order valence-corrected chi connectivity index (χ4v) is 3.51. The molecule has 30 heavy (non-hydrogen) atoms. The Balaban J connectivity index is 1.56. The van der Waals surface area contributed by atoms with E-state index in [9.17, 15) is 18.4 Å². The predicted octanol–water partition coefficient (Wildman–Crippen LogP) is 4.03. The van der Waals surface area contributed by atoms with E-state index >= 15 is 0 Å². The van der Waals surface area contributed by atoms with Crippen LogP contribution in [0.4, 0.5) is 8.78 Å². The number of halogens is 2. The Labute approximate surface area is 175 Å². The van der Waals surface area contributed by atoms with E-state index in [0.29, 0.717) is 31.0 Å². The minimum atomic E-state index is -0.847. The Morgan fingerprint density at radius 1 is 1.13 bits per heavy atom. The summed E-state index contributed by atoms with van der Waals surface area (Å²) in [4.78, 5) is 26.1. The Morgan fingerprint density at radius 2 is 1.80 bits per heavy atom. The van der Waals surface area contributed by atoms with Gasteiger partial charge < -0.3 is 15.0 Å². The van der Waals surface area contributed by atoms with Gasteiger partial charge in [-0.1, -0.05) is 6.07 Å². The van der Waals surface area contributed by atoms with Crippen LogP contribution in [0.1, 0.15) is 47.4 Å². The number of carbonyl (C=O) groups is 2. The molecule has 0 aromatic heterocycles. The number of likely N-dealkylation sites (tertiary alicyclic amines) is 1. The van der Waals surface area contributed by atoms with E-state index in [0.717, 1.165) is 25.0 Å². The Kier molecular flexibility index (Phi) is 7.03. The minimum Gasteiger partial charge on any atom is -0.493 e. The average molecular weight is 416 g/mol. The second kappa shape index (κ2) is 9.69. The average Bonchev–Trinajstić information content (AvgIpc) is 2.72. The standard InChI is InChI=1S/C23H26F2N2O3/c1-15(2)26-22(28)17-8-10-18(11-9-17)30-14-16-5-4-12-27(13-16)23(29)21-19(24)6-3-7-20(21)25/h3,6-11,15-16H,4-5,12-14H2,1-2H3,(H,26,28)/t16-/m0/s1. The van der Waals surface area contributed by atoms with Crippen LogP contribution >= 0.6 is 0 Å². The number of rotatable bonds is 6. The van der Waals surface area contributed by atoms with Crippen LogP contribution in [0, 0.1) is 17.6 Å². The number of carbonyl (C=O) groups excluding carboxylic acids is 2. The van der Waals surface area contributed by atoms with Crippen molar-refractivity contribution < 1.29 is 23.1 Å². The zero-order chi connectivity index (χ0) is 21.7. The van der Waals surface area contributed by atoms with E-state index in [1.807, 2.05) is 13.8 Å². The van der Waals surface area contributed by atoms with E-state index < -0.39 is 23.1 Å². The van der Waals surface area contributed by atoms with Crippen molar-refractivity contribution in [1.82, 2.24) is 10.2 Å². The fourth-order valence-electron chi connectivity index (χ4n) is 3.51. The summed E-state index contributed by atoms with van der Waals surface area (Å²) in [5, 5.41) is 2.83. The largest absolute Gasteiger partial charge is 0.493 e. The molecule has 1 heterocycles. The summed E-state index contributed by atoms with van der Waals surface area (Å²) >= 11 is 0. The third-order valence-corrected chi connectivity index (χ3v) is 5.00. The van der Waals surface area contributed by atoms with Crippen LogP contribution in [0.5, 0.6) is 5.75 Å². The molecule has 0 saturated carbocycles. The van der Waals surface area contributed by atoms with Crippen molar-refractivity contribution in [2.45, 2.75) is 32.7 Å². The molecule has 0 unspecified atom stereocenters. The number of piperidine rings is 1. The lowest BCUT2D eigenvalue weighted by Crippen LogP contribution is -2.42. The first-order chi connectivity index (χ1) is 14.3. The molecule has 1 saturated heterocycles. The first kappa shape index (κ1) is 21.7. The van der Waals surface area contributed by atoms with Crippen LogP contribution < -0.4 is 10.1 Å². The predicted molar refractivity (Wildman–Crippen MR) is 110 cm³/mol. The number of nitrogens with zero attached hydrogens (tertiary/aromatic N) is 1. The summed E-state index contributed by atoms with van der Waals surface area (Å²) in [6.07, 6.45) is 1.60. The normalized spacial score (nSPS) is 16.4. The molecule has 0 bridgehead atoms. The van der Waals surface area contributed by atoms with Gasteiger partial charge in [0, 0.05) is 30.6 Å². The second-order valence-corrected chi connectivity index (χ2v) is 7.82. The van der Waals surface area contributed by atoms with Gasteiger partial charge in [0.2, 0.25) is 0 Å². The monoisotopic (exact) mass is 416 g/mol. The topological polar surface area (TPSA) is 58.6 Å². The fraction of sp³-hybridized carbons (Fsp3) is 0.391. The van der Waals surface area contributed by atoms with E-state index in [2.05, 4.69) is 5.32 Å². The molecule has 0 aliphatic carbocycles. The first-order valence-corrected chi connectivity index (χ1v) is 10.1. The molecule has 1 fully saturated rings. The molecule has 1 aliphatic heterocycles. The molecule has 1 aliphatic rings. The third kappa shape index (κ3) is 5.34. The number of nitrogens with one attached hydrogen (secondary N) is 1. The SMILES string of the molecule is CC(C)NC(=O)c1ccc(OC[C@H]2CCCN(C(=O)c3c(F)cccc3F)C2)cc1. The molecule has 1 atom stereocenters. The van der Waals surface area contributed by atoms with Gasteiger partial charge in [0.1, 0.15) is 22.9 Å². The number of hydrogen-bond acceptors (Lipinski definition) is 3. The van der Waals surface area contributed by atoms with E-state index in [4.69, 9.17) is 4.74 Å². The minimum absolute atomic E-state index is 0.0569. The summed E-state index contributed by atoms with van der Waals surface area (Å²) in [5.41, 5.74) is 0.0479. The van der Waals surface area contributed by atoms with Crippen LogP contribution in [0.15, 0.2) is 42.5 Å². The highest BCUT2D eigenvalue weighted by molar-refractivity contribution is 5.95. The van der Waals surface area contributed by atoms with Crippen LogP contribution in [-0.2, 0) is 0 Å². The van der Waals surface area contributed by atoms with Crippen molar-refractivity contribution in [3.05, 3.63) is 65.2 Å². The van der Waals surface area contributed by atoms with Gasteiger partial charge in [-0.25, -0.2) is 8.78 Å². The Morgan fingerprint density at radius 3 is 2.43 bits per heavy atom. The van der Waals surface area contributed by atoms with Crippen molar-refractivity contribution in [3.8, 4) is 5.75 Å². The molecule has 0 spiro atoms. The van der Waals surface area contributed by atoms with Gasteiger partial charge in [-0.15, -0.1) is 0 Å². The highest BCUT2D eigenvalue weighted by Gasteiger charge is 2.28. The third-order valence-electron chi connectivity index (χ3n) is 5.00. The summed E-state index contributed by atoms with van der Waals surface area (Å²) in [7, 11) is 0. The zero-order valence-electron chi connectivity index (χ0n) is 17.2. The van der Waals surface area contributed by atoms with Gasteiger partial charge in [-0.05, 0) is 63.1 Å². The molecule has 160 valence electrons. The lowest BCUT2D eigenvalue weighted by atomic mass is 9.98. The molecule has 1 N–H and O–H groups in total. The first-order valence-electron chi connectivity index (χ1n) is 10.1. The molecular formula is C23H26F2N2O3. The molecule has 2 aromatic carbocycles. The van der Waals surface area contributed by atoms with Gasteiger partial charge in [-0.3, -0.25) is 9.59 Å². The Hall–Kier alpha value is -2.96. The molecule has 2 aromatic rings. The number of benzene rings is 2. The zero-order valence-corrected chi connectivity index (χ0v) is 17.2. The summed E-state index contributed by atoms with van der Waals surface area (Å²) in [6.45, 7) is 5.01. The molecular weight excluding hydrogens is 390 g/mol. The molecule has 5 nitrogen and oxygen atoms in total. The van der Waals surface area contributed by atoms with E-state index in [1.165, 1.54) is 11.0 Å². The van der Waals surface area contributed by atoms with E-state index in [1.54, 1.807) is 24.3 Å². The maximum atomic E-state index is 13.9. The number of amides is 2. The lowest BCUT2D eigenvalue weighted by molar-refractivity contribution is 0.0623. The summed E-state index contributed by atoms with van der Waals surface area (Å²) < 4.78 is 33.7. The maximum absolute atomic E-state index is 13.9. The van der Waals surface area contributed by atoms with Gasteiger partial charge in [0.25, 0.3) is 11.8 Å². The smallest absolute Gasteiger partial charge is 0.259 e. The van der Waals surface area contributed by atoms with Crippen LogP contribution in [-0.4, -0.2) is 42.5 Å². The van der Waals surface area contributed by atoms with E-state index in [-0.39, 0.29) is 17.9 Å². The summed E-state index contributed by atoms with van der Waals surface area (Å²) in [5.74, 6) is -1.78. The van der Waals surface area contributed by atoms with Crippen LogP contribution in [0.25, 0.3) is 0 Å². The highest BCUT2D eigenvalue weighted by Crippen LogP contribution is 2.22. The van der Waals surface area contributed by atoms with Crippen molar-refractivity contribution in [1.29, 1.82) is 0 Å². The van der Waals surface area contributed by atoms with Crippen LogP contribution in [0.3, 0.4) is 0 Å². The van der Waals surface area contributed by atoms with Crippen molar-refractivity contribution in [3.63, 3.8) is 0 Å². The highest BCUT2D eigenvalue weighted by atomic mass is 19.1. The van der Waals surface area contributed by atoms with Gasteiger partial charge in [0.15, 0.2) is 0 Å². The quantitative estimate of drug-likeness (QED) is 0.773. The second-order valence-electron chi connectivity index (χ2n) is 7.82. The van der Waals surface area contributed by atoms with Gasteiger partial charge in [0.05, 0.1) is 6.61 Å². The van der Waals surface area contributed by atoms with Crippen molar-refractivity contribution in [2.24, 2.45) is 5.92 Å².